The Labute approximate surface area is 166 Å². The van der Waals surface area contributed by atoms with E-state index in [0.29, 0.717) is 12.3 Å². The number of ether oxygens (including phenoxy) is 1. The molecular weight excluding hydrogens is 376 g/mol. The van der Waals surface area contributed by atoms with Crippen LogP contribution in [0.25, 0.3) is 0 Å². The Bertz CT molecular complexity index is 894. The molecule has 0 amide bonds. The van der Waals surface area contributed by atoms with E-state index in [-0.39, 0.29) is 5.75 Å². The third-order valence-electron chi connectivity index (χ3n) is 5.25. The molecule has 6 nitrogen and oxygen atoms in total. The highest BCUT2D eigenvalue weighted by Gasteiger charge is 2.21. The number of piperazine rings is 1. The summed E-state index contributed by atoms with van der Waals surface area (Å²) in [6, 6.07) is 15.1. The van der Waals surface area contributed by atoms with Gasteiger partial charge in [0.1, 0.15) is 11.5 Å². The van der Waals surface area contributed by atoms with Gasteiger partial charge in [-0.15, -0.1) is 0 Å². The molecule has 0 unspecified atom stereocenters. The van der Waals surface area contributed by atoms with Crippen molar-refractivity contribution in [2.75, 3.05) is 45.1 Å². The second-order valence-electron chi connectivity index (χ2n) is 7.32. The van der Waals surface area contributed by atoms with E-state index >= 15 is 0 Å². The molecule has 0 atom stereocenters. The quantitative estimate of drug-likeness (QED) is 0.662. The number of fused-ring (bicyclic) bond motifs is 1. The summed E-state index contributed by atoms with van der Waals surface area (Å²) in [5.74, 6) is 1.40. The molecule has 0 aliphatic carbocycles. The molecule has 2 aliphatic rings. The van der Waals surface area contributed by atoms with Gasteiger partial charge < -0.3 is 8.92 Å². The first-order valence-corrected chi connectivity index (χ1v) is 11.3. The van der Waals surface area contributed by atoms with E-state index in [1.165, 1.54) is 11.1 Å². The van der Waals surface area contributed by atoms with Crippen LogP contribution in [0.5, 0.6) is 11.5 Å². The van der Waals surface area contributed by atoms with Crippen LogP contribution in [0.15, 0.2) is 48.5 Å². The Hall–Kier alpha value is -2.09. The van der Waals surface area contributed by atoms with Crippen LogP contribution < -0.4 is 8.92 Å². The van der Waals surface area contributed by atoms with Gasteiger partial charge in [-0.2, -0.15) is 8.42 Å². The molecule has 7 heteroatoms. The molecule has 28 heavy (non-hydrogen) atoms. The minimum Gasteiger partial charge on any atom is -0.493 e. The lowest BCUT2D eigenvalue weighted by Crippen LogP contribution is -2.47. The zero-order valence-electron chi connectivity index (χ0n) is 15.9. The van der Waals surface area contributed by atoms with Crippen molar-refractivity contribution in [3.05, 3.63) is 59.7 Å². The topological polar surface area (TPSA) is 59.1 Å². The molecule has 0 bridgehead atoms. The summed E-state index contributed by atoms with van der Waals surface area (Å²) in [6.07, 6.45) is 0.997. The smallest absolute Gasteiger partial charge is 0.310 e. The normalized spacial score (nSPS) is 17.9. The van der Waals surface area contributed by atoms with E-state index in [4.69, 9.17) is 8.92 Å². The highest BCUT2D eigenvalue weighted by molar-refractivity contribution is 7.87. The SMILES string of the molecule is O=S(=O)(CCN1CCN(Cc2ccc3c(c2)CCO3)CC1)Oc1ccccc1. The van der Waals surface area contributed by atoms with E-state index in [0.717, 1.165) is 51.5 Å². The summed E-state index contributed by atoms with van der Waals surface area (Å²) < 4.78 is 35.1. The number of hydrogen-bond donors (Lipinski definition) is 0. The van der Waals surface area contributed by atoms with Crippen molar-refractivity contribution in [3.63, 3.8) is 0 Å². The first-order valence-electron chi connectivity index (χ1n) is 9.74. The fourth-order valence-corrected chi connectivity index (χ4v) is 4.64. The summed E-state index contributed by atoms with van der Waals surface area (Å²) in [7, 11) is -3.57. The highest BCUT2D eigenvalue weighted by Crippen LogP contribution is 2.26. The number of benzene rings is 2. The highest BCUT2D eigenvalue weighted by atomic mass is 32.2. The van der Waals surface area contributed by atoms with Crippen LogP contribution in [-0.4, -0.2) is 63.3 Å². The minimum atomic E-state index is -3.57. The molecule has 0 radical (unpaired) electrons. The van der Waals surface area contributed by atoms with Crippen LogP contribution in [0.3, 0.4) is 0 Å². The lowest BCUT2D eigenvalue weighted by atomic mass is 10.1. The van der Waals surface area contributed by atoms with Crippen molar-refractivity contribution in [2.45, 2.75) is 13.0 Å². The lowest BCUT2D eigenvalue weighted by Gasteiger charge is -2.34. The van der Waals surface area contributed by atoms with Crippen molar-refractivity contribution >= 4 is 10.1 Å². The van der Waals surface area contributed by atoms with E-state index in [1.54, 1.807) is 24.3 Å². The maximum Gasteiger partial charge on any atom is 0.310 e. The molecule has 4 rings (SSSR count). The minimum absolute atomic E-state index is 0.00666. The third kappa shape index (κ3) is 5.04. The van der Waals surface area contributed by atoms with E-state index in [9.17, 15) is 8.42 Å². The van der Waals surface area contributed by atoms with Crippen molar-refractivity contribution in [1.29, 1.82) is 0 Å². The maximum absolute atomic E-state index is 12.2. The molecule has 1 saturated heterocycles. The zero-order chi connectivity index (χ0) is 19.4. The molecule has 150 valence electrons. The van der Waals surface area contributed by atoms with Gasteiger partial charge in [0.25, 0.3) is 0 Å². The predicted octanol–water partition coefficient (Wildman–Crippen LogP) is 2.15. The van der Waals surface area contributed by atoms with Gasteiger partial charge in [0, 0.05) is 45.7 Å². The van der Waals surface area contributed by atoms with Crippen LogP contribution in [-0.2, 0) is 23.1 Å². The Morgan fingerprint density at radius 1 is 0.964 bits per heavy atom. The van der Waals surface area contributed by atoms with Crippen molar-refractivity contribution in [1.82, 2.24) is 9.80 Å². The van der Waals surface area contributed by atoms with Crippen LogP contribution in [0.1, 0.15) is 11.1 Å². The average molecular weight is 403 g/mol. The van der Waals surface area contributed by atoms with Crippen LogP contribution in [0.2, 0.25) is 0 Å². The predicted molar refractivity (Wildman–Crippen MR) is 108 cm³/mol. The largest absolute Gasteiger partial charge is 0.493 e. The number of para-hydroxylation sites is 1. The third-order valence-corrected chi connectivity index (χ3v) is 6.38. The van der Waals surface area contributed by atoms with Gasteiger partial charge in [0.2, 0.25) is 0 Å². The van der Waals surface area contributed by atoms with E-state index < -0.39 is 10.1 Å². The molecule has 1 fully saturated rings. The van der Waals surface area contributed by atoms with Gasteiger partial charge >= 0.3 is 10.1 Å². The average Bonchev–Trinajstić information content (AvgIpc) is 3.16. The van der Waals surface area contributed by atoms with Crippen molar-refractivity contribution < 1.29 is 17.3 Å². The summed E-state index contributed by atoms with van der Waals surface area (Å²) in [4.78, 5) is 4.61. The summed E-state index contributed by atoms with van der Waals surface area (Å²) >= 11 is 0. The molecule has 2 heterocycles. The second-order valence-corrected chi connectivity index (χ2v) is 9.01. The molecule has 2 aliphatic heterocycles. The van der Waals surface area contributed by atoms with E-state index in [2.05, 4.69) is 28.0 Å². The molecule has 0 spiro atoms. The van der Waals surface area contributed by atoms with E-state index in [1.807, 2.05) is 6.07 Å². The molecule has 2 aromatic carbocycles. The Balaban J connectivity index is 1.22. The van der Waals surface area contributed by atoms with Gasteiger partial charge in [-0.3, -0.25) is 9.80 Å². The fraction of sp³-hybridized carbons (Fsp3) is 0.429. The molecule has 0 saturated carbocycles. The molecular formula is C21H26N2O4S. The van der Waals surface area contributed by atoms with Crippen LogP contribution >= 0.6 is 0 Å². The van der Waals surface area contributed by atoms with Gasteiger partial charge in [-0.25, -0.2) is 0 Å². The van der Waals surface area contributed by atoms with Gasteiger partial charge in [-0.05, 0) is 29.3 Å². The molecule has 0 N–H and O–H groups in total. The summed E-state index contributed by atoms with van der Waals surface area (Å²) in [5, 5.41) is 0. The standard InChI is InChI=1S/C21H26N2O4S/c24-28(25,27-20-4-2-1-3-5-20)15-13-22-9-11-23(12-10-22)17-18-6-7-21-19(16-18)8-14-26-21/h1-7,16H,8-15,17H2. The van der Waals surface area contributed by atoms with Gasteiger partial charge in [0.05, 0.1) is 12.4 Å². The van der Waals surface area contributed by atoms with Crippen molar-refractivity contribution in [3.8, 4) is 11.5 Å². The Morgan fingerprint density at radius 2 is 1.71 bits per heavy atom. The Morgan fingerprint density at radius 3 is 2.50 bits per heavy atom. The zero-order valence-corrected chi connectivity index (χ0v) is 16.7. The molecule has 2 aromatic rings. The number of nitrogens with zero attached hydrogens (tertiary/aromatic N) is 2. The van der Waals surface area contributed by atoms with Crippen LogP contribution in [0, 0.1) is 0 Å². The van der Waals surface area contributed by atoms with Crippen molar-refractivity contribution in [2.24, 2.45) is 0 Å². The van der Waals surface area contributed by atoms with Gasteiger partial charge in [0.15, 0.2) is 0 Å². The van der Waals surface area contributed by atoms with Crippen LogP contribution in [0.4, 0.5) is 0 Å². The lowest BCUT2D eigenvalue weighted by molar-refractivity contribution is 0.132. The summed E-state index contributed by atoms with van der Waals surface area (Å²) in [5.41, 5.74) is 2.62. The monoisotopic (exact) mass is 402 g/mol. The maximum atomic E-state index is 12.2. The summed E-state index contributed by atoms with van der Waals surface area (Å²) in [6.45, 7) is 5.83. The second kappa shape index (κ2) is 8.51. The first-order chi connectivity index (χ1) is 13.6. The van der Waals surface area contributed by atoms with Gasteiger partial charge in [-0.1, -0.05) is 30.3 Å². The fourth-order valence-electron chi connectivity index (χ4n) is 3.67. The number of hydrogen-bond acceptors (Lipinski definition) is 6. The number of rotatable bonds is 7. The Kier molecular flexibility index (Phi) is 5.85. The molecule has 0 aromatic heterocycles. The first kappa shape index (κ1) is 19.2.